The Balaban J connectivity index is 1.68. The second-order valence-electron chi connectivity index (χ2n) is 7.42. The van der Waals surface area contributed by atoms with Gasteiger partial charge in [0.2, 0.25) is 0 Å². The van der Waals surface area contributed by atoms with Crippen LogP contribution in [-0.4, -0.2) is 27.4 Å². The van der Waals surface area contributed by atoms with Crippen LogP contribution < -0.4 is 15.0 Å². The van der Waals surface area contributed by atoms with Crippen molar-refractivity contribution < 1.29 is 9.53 Å². The Kier molecular flexibility index (Phi) is 6.72. The van der Waals surface area contributed by atoms with E-state index >= 15 is 0 Å². The van der Waals surface area contributed by atoms with Crippen molar-refractivity contribution in [2.75, 3.05) is 16.8 Å². The van der Waals surface area contributed by atoms with E-state index < -0.39 is 0 Å². The molecule has 2 heterocycles. The molecule has 0 aliphatic carbocycles. The number of aromatic nitrogens is 3. The number of carbonyl (C=O) groups excluding carboxylic acids is 1. The van der Waals surface area contributed by atoms with E-state index in [1.165, 1.54) is 6.42 Å². The minimum Gasteiger partial charge on any atom is -0.492 e. The quantitative estimate of drug-likeness (QED) is 0.566. The van der Waals surface area contributed by atoms with E-state index in [4.69, 9.17) is 16.3 Å². The monoisotopic (exact) mass is 439 g/mol. The summed E-state index contributed by atoms with van der Waals surface area (Å²) in [5, 5.41) is 12.3. The van der Waals surface area contributed by atoms with Crippen LogP contribution in [0.5, 0.6) is 5.75 Å². The molecule has 162 valence electrons. The number of para-hydroxylation sites is 2. The summed E-state index contributed by atoms with van der Waals surface area (Å²) >= 11 is 6.09. The lowest BCUT2D eigenvalue weighted by Crippen LogP contribution is -2.36. The molecule has 3 aromatic rings. The highest BCUT2D eigenvalue weighted by Gasteiger charge is 2.24. The van der Waals surface area contributed by atoms with E-state index in [0.29, 0.717) is 28.8 Å². The Morgan fingerprint density at radius 1 is 1.16 bits per heavy atom. The first-order valence-electron chi connectivity index (χ1n) is 10.6. The van der Waals surface area contributed by atoms with Crippen LogP contribution >= 0.6 is 11.6 Å². The molecular weight excluding hydrogens is 414 g/mol. The average molecular weight is 440 g/mol. The zero-order chi connectivity index (χ0) is 21.6. The van der Waals surface area contributed by atoms with Crippen LogP contribution in [-0.2, 0) is 19.5 Å². The third kappa shape index (κ3) is 4.99. The molecule has 1 aliphatic rings. The number of amides is 2. The summed E-state index contributed by atoms with van der Waals surface area (Å²) in [6, 6.07) is 14.3. The van der Waals surface area contributed by atoms with Gasteiger partial charge in [-0.05, 0) is 50.1 Å². The largest absolute Gasteiger partial charge is 0.492 e. The molecule has 0 radical (unpaired) electrons. The summed E-state index contributed by atoms with van der Waals surface area (Å²) in [7, 11) is 0. The smallest absolute Gasteiger partial charge is 0.326 e. The first kappa shape index (κ1) is 21.2. The molecule has 0 unspecified atom stereocenters. The molecular formula is C23H26ClN5O2. The van der Waals surface area contributed by atoms with Gasteiger partial charge in [-0.1, -0.05) is 36.2 Å². The van der Waals surface area contributed by atoms with Gasteiger partial charge in [0.1, 0.15) is 11.6 Å². The molecule has 0 saturated heterocycles. The van der Waals surface area contributed by atoms with Crippen LogP contribution in [0, 0.1) is 0 Å². The molecule has 1 aromatic heterocycles. The van der Waals surface area contributed by atoms with Gasteiger partial charge in [-0.3, -0.25) is 4.90 Å². The lowest BCUT2D eigenvalue weighted by molar-refractivity contribution is 0.256. The number of anilines is 2. The minimum atomic E-state index is -0.291. The number of aryl methyl sites for hydroxylation is 1. The summed E-state index contributed by atoms with van der Waals surface area (Å²) < 4.78 is 7.95. The first-order chi connectivity index (χ1) is 15.2. The maximum absolute atomic E-state index is 13.4. The van der Waals surface area contributed by atoms with Crippen LogP contribution in [0.15, 0.2) is 48.5 Å². The standard InChI is InChI=1S/C23H26ClN5O2/c1-2-31-20-12-6-5-11-19(20)29(23(30)25-18-10-8-9-17(24)15-18)16-22-27-26-21-13-4-3-7-14-28(21)22/h5-6,8-12,15H,2-4,7,13-14,16H2,1H3,(H,25,30). The molecule has 0 bridgehead atoms. The number of hydrogen-bond donors (Lipinski definition) is 1. The van der Waals surface area contributed by atoms with Crippen LogP contribution in [0.2, 0.25) is 5.02 Å². The molecule has 7 nitrogen and oxygen atoms in total. The van der Waals surface area contributed by atoms with E-state index in [1.54, 1.807) is 29.2 Å². The van der Waals surface area contributed by atoms with Gasteiger partial charge in [-0.25, -0.2) is 4.79 Å². The Labute approximate surface area is 187 Å². The molecule has 8 heteroatoms. The van der Waals surface area contributed by atoms with Crippen LogP contribution in [0.1, 0.15) is 37.8 Å². The van der Waals surface area contributed by atoms with Crippen molar-refractivity contribution in [3.63, 3.8) is 0 Å². The van der Waals surface area contributed by atoms with Crippen molar-refractivity contribution in [2.45, 2.75) is 45.7 Å². The van der Waals surface area contributed by atoms with Crippen molar-refractivity contribution >= 4 is 29.0 Å². The van der Waals surface area contributed by atoms with Crippen molar-refractivity contribution in [3.8, 4) is 5.75 Å². The van der Waals surface area contributed by atoms with E-state index in [1.807, 2.05) is 31.2 Å². The predicted molar refractivity (Wildman–Crippen MR) is 122 cm³/mol. The fraction of sp³-hybridized carbons (Fsp3) is 0.348. The summed E-state index contributed by atoms with van der Waals surface area (Å²) in [5.74, 6) is 2.40. The lowest BCUT2D eigenvalue weighted by Gasteiger charge is -2.25. The highest BCUT2D eigenvalue weighted by Crippen LogP contribution is 2.30. The highest BCUT2D eigenvalue weighted by atomic mass is 35.5. The summed E-state index contributed by atoms with van der Waals surface area (Å²) in [5.41, 5.74) is 1.30. The van der Waals surface area contributed by atoms with E-state index in [-0.39, 0.29) is 12.6 Å². The van der Waals surface area contributed by atoms with Crippen LogP contribution in [0.3, 0.4) is 0 Å². The number of halogens is 1. The highest BCUT2D eigenvalue weighted by molar-refractivity contribution is 6.30. The number of carbonyl (C=O) groups is 1. The average Bonchev–Trinajstić information content (AvgIpc) is 2.98. The van der Waals surface area contributed by atoms with Crippen LogP contribution in [0.4, 0.5) is 16.2 Å². The summed E-state index contributed by atoms with van der Waals surface area (Å²) in [6.45, 7) is 3.57. The fourth-order valence-corrected chi connectivity index (χ4v) is 3.98. The molecule has 31 heavy (non-hydrogen) atoms. The zero-order valence-corrected chi connectivity index (χ0v) is 18.3. The van der Waals surface area contributed by atoms with Gasteiger partial charge in [-0.15, -0.1) is 10.2 Å². The molecule has 0 saturated carbocycles. The van der Waals surface area contributed by atoms with Gasteiger partial charge in [0.15, 0.2) is 5.82 Å². The molecule has 1 N–H and O–H groups in total. The number of nitrogens with zero attached hydrogens (tertiary/aromatic N) is 4. The molecule has 0 atom stereocenters. The molecule has 0 fully saturated rings. The second-order valence-corrected chi connectivity index (χ2v) is 7.86. The molecule has 0 spiro atoms. The van der Waals surface area contributed by atoms with E-state index in [0.717, 1.165) is 37.5 Å². The molecule has 1 aliphatic heterocycles. The molecule has 2 amide bonds. The van der Waals surface area contributed by atoms with Gasteiger partial charge in [0, 0.05) is 23.7 Å². The van der Waals surface area contributed by atoms with Crippen molar-refractivity contribution in [2.24, 2.45) is 0 Å². The van der Waals surface area contributed by atoms with Gasteiger partial charge in [0.25, 0.3) is 0 Å². The maximum Gasteiger partial charge on any atom is 0.326 e. The molecule has 2 aromatic carbocycles. The number of urea groups is 1. The minimum absolute atomic E-state index is 0.281. The van der Waals surface area contributed by atoms with Crippen molar-refractivity contribution in [1.29, 1.82) is 0 Å². The maximum atomic E-state index is 13.4. The Bertz CT molecular complexity index is 1050. The lowest BCUT2D eigenvalue weighted by atomic mass is 10.2. The number of ether oxygens (including phenoxy) is 1. The number of nitrogens with one attached hydrogen (secondary N) is 1. The number of hydrogen-bond acceptors (Lipinski definition) is 4. The van der Waals surface area contributed by atoms with Gasteiger partial charge in [-0.2, -0.15) is 0 Å². The number of rotatable bonds is 6. The second kappa shape index (κ2) is 9.83. The first-order valence-corrected chi connectivity index (χ1v) is 11.0. The van der Waals surface area contributed by atoms with Gasteiger partial charge >= 0.3 is 6.03 Å². The zero-order valence-electron chi connectivity index (χ0n) is 17.6. The van der Waals surface area contributed by atoms with E-state index in [9.17, 15) is 4.79 Å². The fourth-order valence-electron chi connectivity index (χ4n) is 3.78. The van der Waals surface area contributed by atoms with Gasteiger partial charge in [0.05, 0.1) is 18.8 Å². The van der Waals surface area contributed by atoms with Crippen molar-refractivity contribution in [3.05, 3.63) is 65.2 Å². The van der Waals surface area contributed by atoms with Gasteiger partial charge < -0.3 is 14.6 Å². The predicted octanol–water partition coefficient (Wildman–Crippen LogP) is 5.30. The Morgan fingerprint density at radius 2 is 2.03 bits per heavy atom. The summed E-state index contributed by atoms with van der Waals surface area (Å²) in [6.07, 6.45) is 4.29. The third-order valence-corrected chi connectivity index (χ3v) is 5.50. The third-order valence-electron chi connectivity index (χ3n) is 5.26. The Hall–Kier alpha value is -3.06. The topological polar surface area (TPSA) is 72.3 Å². The Morgan fingerprint density at radius 3 is 2.87 bits per heavy atom. The number of fused-ring (bicyclic) bond motifs is 1. The molecule has 4 rings (SSSR count). The summed E-state index contributed by atoms with van der Waals surface area (Å²) in [4.78, 5) is 15.0. The normalized spacial score (nSPS) is 13.2. The van der Waals surface area contributed by atoms with Crippen molar-refractivity contribution in [1.82, 2.24) is 14.8 Å². The number of benzene rings is 2. The SMILES string of the molecule is CCOc1ccccc1N(Cc1nnc2n1CCCCC2)C(=O)Nc1cccc(Cl)c1. The van der Waals surface area contributed by atoms with Crippen LogP contribution in [0.25, 0.3) is 0 Å². The van der Waals surface area contributed by atoms with E-state index in [2.05, 4.69) is 20.1 Å².